The van der Waals surface area contributed by atoms with Gasteiger partial charge in [-0.3, -0.25) is 4.98 Å². The first-order chi connectivity index (χ1) is 18.9. The summed E-state index contributed by atoms with van der Waals surface area (Å²) in [6.07, 6.45) is 3.52. The minimum atomic E-state index is -0.907. The molecular formula is C33H31F2N3O. The van der Waals surface area contributed by atoms with E-state index in [1.165, 1.54) is 12.1 Å². The van der Waals surface area contributed by atoms with Crippen molar-refractivity contribution >= 4 is 10.9 Å². The summed E-state index contributed by atoms with van der Waals surface area (Å²) in [4.78, 5) is 11.4. The molecule has 2 aromatic heterocycles. The third kappa shape index (κ3) is 6.03. The Morgan fingerprint density at radius 1 is 0.872 bits per heavy atom. The van der Waals surface area contributed by atoms with Crippen LogP contribution in [0.5, 0.6) is 0 Å². The Morgan fingerprint density at radius 2 is 1.59 bits per heavy atom. The van der Waals surface area contributed by atoms with Crippen molar-refractivity contribution < 1.29 is 13.9 Å². The number of nitrogens with zero attached hydrogens (tertiary/aromatic N) is 3. The summed E-state index contributed by atoms with van der Waals surface area (Å²) in [6, 6.07) is 25.1. The number of para-hydroxylation sites is 1. The molecule has 6 heteroatoms. The first kappa shape index (κ1) is 26.6. The molecule has 0 radical (unpaired) electrons. The molecule has 2 atom stereocenters. The molecule has 5 rings (SSSR count). The van der Waals surface area contributed by atoms with Crippen LogP contribution < -0.4 is 0 Å². The van der Waals surface area contributed by atoms with E-state index >= 15 is 0 Å². The average Bonchev–Trinajstić information content (AvgIpc) is 2.93. The lowest BCUT2D eigenvalue weighted by Gasteiger charge is -2.29. The largest absolute Gasteiger partial charge is 0.392 e. The minimum Gasteiger partial charge on any atom is -0.392 e. The average molecular weight is 524 g/mol. The van der Waals surface area contributed by atoms with Crippen LogP contribution in [-0.4, -0.2) is 46.7 Å². The van der Waals surface area contributed by atoms with Crippen LogP contribution in [0.15, 0.2) is 97.3 Å². The summed E-state index contributed by atoms with van der Waals surface area (Å²) in [5.41, 5.74) is 5.48. The zero-order valence-electron chi connectivity index (χ0n) is 22.1. The molecule has 0 saturated heterocycles. The van der Waals surface area contributed by atoms with Crippen molar-refractivity contribution in [1.29, 1.82) is 0 Å². The topological polar surface area (TPSA) is 49.2 Å². The number of hydrogen-bond donors (Lipinski definition) is 1. The van der Waals surface area contributed by atoms with Crippen molar-refractivity contribution in [2.75, 3.05) is 20.6 Å². The lowest BCUT2D eigenvalue weighted by Crippen LogP contribution is -2.27. The Balaban J connectivity index is 1.85. The van der Waals surface area contributed by atoms with Crippen LogP contribution in [0.2, 0.25) is 0 Å². The van der Waals surface area contributed by atoms with Crippen LogP contribution in [0.1, 0.15) is 34.6 Å². The summed E-state index contributed by atoms with van der Waals surface area (Å²) in [7, 11) is 3.87. The van der Waals surface area contributed by atoms with Crippen molar-refractivity contribution in [2.24, 2.45) is 0 Å². The molecule has 0 fully saturated rings. The van der Waals surface area contributed by atoms with Gasteiger partial charge >= 0.3 is 0 Å². The highest BCUT2D eigenvalue weighted by atomic mass is 19.1. The molecule has 3 aromatic carbocycles. The highest BCUT2D eigenvalue weighted by Crippen LogP contribution is 2.41. The molecule has 0 bridgehead atoms. The molecule has 39 heavy (non-hydrogen) atoms. The quantitative estimate of drug-likeness (QED) is 0.236. The third-order valence-electron chi connectivity index (χ3n) is 7.01. The molecule has 2 heterocycles. The monoisotopic (exact) mass is 523 g/mol. The Bertz CT molecular complexity index is 1540. The van der Waals surface area contributed by atoms with E-state index in [0.29, 0.717) is 24.9 Å². The number of aliphatic hydroxyl groups excluding tert-OH is 1. The lowest BCUT2D eigenvalue weighted by atomic mass is 9.78. The Hall–Kier alpha value is -4.00. The second-order valence-corrected chi connectivity index (χ2v) is 10.1. The molecule has 0 aliphatic heterocycles. The van der Waals surface area contributed by atoms with Gasteiger partial charge in [-0.15, -0.1) is 0 Å². The standard InChI is InChI=1S/C33H31F2N3O/c1-38(2)16-14-30(39)31(24-18-25(34)20-26(35)19-24)32-27-12-6-7-13-29(27)37-33(23-11-8-15-36-21-23)28(32)17-22-9-4-3-5-10-22/h3-13,15,18-21,30-31,39H,14,16-17H2,1-2H3. The third-order valence-corrected chi connectivity index (χ3v) is 7.01. The summed E-state index contributed by atoms with van der Waals surface area (Å²) in [6.45, 7) is 0.613. The maximum absolute atomic E-state index is 14.6. The number of aliphatic hydroxyl groups is 1. The van der Waals surface area contributed by atoms with E-state index in [9.17, 15) is 13.9 Å². The first-order valence-electron chi connectivity index (χ1n) is 13.1. The number of fused-ring (bicyclic) bond motifs is 1. The zero-order valence-corrected chi connectivity index (χ0v) is 22.1. The zero-order chi connectivity index (χ0) is 27.4. The molecule has 0 spiro atoms. The van der Waals surface area contributed by atoms with Crippen molar-refractivity contribution in [1.82, 2.24) is 14.9 Å². The van der Waals surface area contributed by atoms with E-state index in [-0.39, 0.29) is 0 Å². The Morgan fingerprint density at radius 3 is 2.28 bits per heavy atom. The van der Waals surface area contributed by atoms with Crippen molar-refractivity contribution in [3.05, 3.63) is 131 Å². The smallest absolute Gasteiger partial charge is 0.126 e. The fraction of sp³-hybridized carbons (Fsp3) is 0.212. The van der Waals surface area contributed by atoms with Gasteiger partial charge in [-0.2, -0.15) is 0 Å². The summed E-state index contributed by atoms with van der Waals surface area (Å²) < 4.78 is 29.3. The number of benzene rings is 3. The minimum absolute atomic E-state index is 0.390. The van der Waals surface area contributed by atoms with Crippen LogP contribution >= 0.6 is 0 Å². The van der Waals surface area contributed by atoms with Gasteiger partial charge in [0.15, 0.2) is 0 Å². The van der Waals surface area contributed by atoms with E-state index in [4.69, 9.17) is 4.98 Å². The predicted molar refractivity (Wildman–Crippen MR) is 152 cm³/mol. The van der Waals surface area contributed by atoms with E-state index in [0.717, 1.165) is 44.9 Å². The summed E-state index contributed by atoms with van der Waals surface area (Å²) in [5, 5.41) is 12.6. The maximum atomic E-state index is 14.6. The number of pyridine rings is 2. The van der Waals surface area contributed by atoms with Crippen LogP contribution in [0.4, 0.5) is 8.78 Å². The van der Waals surface area contributed by atoms with Crippen LogP contribution in [0.25, 0.3) is 22.2 Å². The van der Waals surface area contributed by atoms with Gasteiger partial charge in [0.25, 0.3) is 0 Å². The van der Waals surface area contributed by atoms with Gasteiger partial charge in [-0.1, -0.05) is 48.5 Å². The predicted octanol–water partition coefficient (Wildman–Crippen LogP) is 6.61. The molecule has 198 valence electrons. The van der Waals surface area contributed by atoms with Gasteiger partial charge in [0.2, 0.25) is 0 Å². The van der Waals surface area contributed by atoms with Gasteiger partial charge < -0.3 is 10.0 Å². The van der Waals surface area contributed by atoms with Gasteiger partial charge in [0.1, 0.15) is 11.6 Å². The van der Waals surface area contributed by atoms with Gasteiger partial charge in [0.05, 0.1) is 17.3 Å². The van der Waals surface area contributed by atoms with Crippen molar-refractivity contribution in [3.63, 3.8) is 0 Å². The van der Waals surface area contributed by atoms with Crippen LogP contribution in [0, 0.1) is 11.6 Å². The molecule has 2 unspecified atom stereocenters. The molecule has 4 nitrogen and oxygen atoms in total. The highest BCUT2D eigenvalue weighted by molar-refractivity contribution is 5.88. The Labute approximate surface area is 227 Å². The van der Waals surface area contributed by atoms with Gasteiger partial charge in [-0.05, 0) is 79.5 Å². The van der Waals surface area contributed by atoms with Gasteiger partial charge in [-0.25, -0.2) is 13.8 Å². The normalized spacial score (nSPS) is 13.1. The second kappa shape index (κ2) is 11.8. The SMILES string of the molecule is CN(C)CCC(O)C(c1cc(F)cc(F)c1)c1c(Cc2ccccc2)c(-c2cccnc2)nc2ccccc12. The van der Waals surface area contributed by atoms with Crippen molar-refractivity contribution in [3.8, 4) is 11.3 Å². The summed E-state index contributed by atoms with van der Waals surface area (Å²) >= 11 is 0. The Kier molecular flexibility index (Phi) is 8.05. The molecule has 0 aliphatic carbocycles. The molecule has 5 aromatic rings. The van der Waals surface area contributed by atoms with Gasteiger partial charge in [0, 0.05) is 41.9 Å². The van der Waals surface area contributed by atoms with Crippen molar-refractivity contribution in [2.45, 2.75) is 24.9 Å². The molecular weight excluding hydrogens is 492 g/mol. The lowest BCUT2D eigenvalue weighted by molar-refractivity contribution is 0.135. The second-order valence-electron chi connectivity index (χ2n) is 10.1. The number of hydrogen-bond acceptors (Lipinski definition) is 4. The van der Waals surface area contributed by atoms with E-state index in [1.807, 2.05) is 85.7 Å². The number of aromatic nitrogens is 2. The molecule has 0 amide bonds. The molecule has 1 N–H and O–H groups in total. The first-order valence-corrected chi connectivity index (χ1v) is 13.1. The highest BCUT2D eigenvalue weighted by Gasteiger charge is 2.30. The van der Waals surface area contributed by atoms with Crippen LogP contribution in [-0.2, 0) is 6.42 Å². The fourth-order valence-electron chi connectivity index (χ4n) is 5.25. The molecule has 0 aliphatic rings. The van der Waals surface area contributed by atoms with E-state index in [1.54, 1.807) is 12.4 Å². The summed E-state index contributed by atoms with van der Waals surface area (Å²) in [5.74, 6) is -2.05. The molecule has 0 saturated carbocycles. The van der Waals surface area contributed by atoms with E-state index in [2.05, 4.69) is 4.98 Å². The maximum Gasteiger partial charge on any atom is 0.126 e. The number of rotatable bonds is 9. The van der Waals surface area contributed by atoms with Crippen LogP contribution in [0.3, 0.4) is 0 Å². The number of halogens is 2. The fourth-order valence-corrected chi connectivity index (χ4v) is 5.25. The van der Waals surface area contributed by atoms with E-state index < -0.39 is 23.7 Å².